The van der Waals surface area contributed by atoms with Gasteiger partial charge >= 0.3 is 5.97 Å². The molecular weight excluding hydrogens is 282 g/mol. The van der Waals surface area contributed by atoms with Crippen LogP contribution < -0.4 is 10.6 Å². The molecule has 1 rings (SSSR count). The van der Waals surface area contributed by atoms with Crippen LogP contribution in [-0.4, -0.2) is 23.5 Å². The van der Waals surface area contributed by atoms with Gasteiger partial charge in [0.05, 0.1) is 6.42 Å². The summed E-state index contributed by atoms with van der Waals surface area (Å²) >= 11 is 0. The van der Waals surface area contributed by atoms with E-state index >= 15 is 0 Å². The fourth-order valence-corrected chi connectivity index (χ4v) is 1.81. The van der Waals surface area contributed by atoms with Gasteiger partial charge in [-0.15, -0.1) is 0 Å². The highest BCUT2D eigenvalue weighted by atomic mass is 16.4. The van der Waals surface area contributed by atoms with Gasteiger partial charge in [0, 0.05) is 18.4 Å². The van der Waals surface area contributed by atoms with Crippen molar-refractivity contribution in [2.45, 2.75) is 26.2 Å². The van der Waals surface area contributed by atoms with E-state index in [9.17, 15) is 9.59 Å². The Morgan fingerprint density at radius 1 is 1.36 bits per heavy atom. The Labute approximate surface area is 129 Å². The second-order valence-corrected chi connectivity index (χ2v) is 4.96. The quantitative estimate of drug-likeness (QED) is 0.529. The van der Waals surface area contributed by atoms with Crippen LogP contribution in [0.3, 0.4) is 0 Å². The van der Waals surface area contributed by atoms with E-state index in [2.05, 4.69) is 10.6 Å². The molecule has 0 aliphatic heterocycles. The van der Waals surface area contributed by atoms with Crippen LogP contribution in [0.15, 0.2) is 36.0 Å². The predicted molar refractivity (Wildman–Crippen MR) is 83.1 cm³/mol. The second kappa shape index (κ2) is 8.47. The Bertz CT molecular complexity index is 615. The van der Waals surface area contributed by atoms with Crippen LogP contribution in [0.5, 0.6) is 0 Å². The molecule has 0 aliphatic rings. The molecule has 0 fully saturated rings. The molecule has 116 valence electrons. The van der Waals surface area contributed by atoms with Crippen molar-refractivity contribution in [2.24, 2.45) is 0 Å². The summed E-state index contributed by atoms with van der Waals surface area (Å²) in [4.78, 5) is 22.1. The van der Waals surface area contributed by atoms with E-state index in [1.54, 1.807) is 6.07 Å². The number of carbonyl (C=O) groups is 2. The van der Waals surface area contributed by atoms with E-state index in [1.165, 1.54) is 6.20 Å². The predicted octanol–water partition coefficient (Wildman–Crippen LogP) is 2.22. The smallest absolute Gasteiger partial charge is 0.305 e. The lowest BCUT2D eigenvalue weighted by Crippen LogP contribution is -2.27. The fourth-order valence-electron chi connectivity index (χ4n) is 1.81. The van der Waals surface area contributed by atoms with Gasteiger partial charge in [-0.2, -0.15) is 5.26 Å². The number of carboxylic acid groups (broad SMARTS) is 1. The number of carbonyl (C=O) groups excluding carboxylic acids is 1. The average Bonchev–Trinajstić information content (AvgIpc) is 2.47. The van der Waals surface area contributed by atoms with Crippen molar-refractivity contribution in [1.29, 1.82) is 5.26 Å². The lowest BCUT2D eigenvalue weighted by Gasteiger charge is -2.12. The minimum atomic E-state index is -1.01. The first-order valence-corrected chi connectivity index (χ1v) is 6.91. The number of amides is 1. The van der Waals surface area contributed by atoms with Crippen molar-refractivity contribution >= 4 is 17.6 Å². The van der Waals surface area contributed by atoms with E-state index in [0.29, 0.717) is 5.92 Å². The third-order valence-corrected chi connectivity index (χ3v) is 2.94. The minimum absolute atomic E-state index is 0.0181. The molecule has 22 heavy (non-hydrogen) atoms. The highest BCUT2D eigenvalue weighted by molar-refractivity contribution is 5.97. The molecule has 0 saturated carbocycles. The van der Waals surface area contributed by atoms with Gasteiger partial charge < -0.3 is 15.7 Å². The first-order valence-electron chi connectivity index (χ1n) is 6.91. The summed E-state index contributed by atoms with van der Waals surface area (Å²) in [5.41, 5.74) is 1.79. The number of hydrogen-bond donors (Lipinski definition) is 3. The molecule has 0 spiro atoms. The van der Waals surface area contributed by atoms with Crippen molar-refractivity contribution in [1.82, 2.24) is 5.32 Å². The maximum atomic E-state index is 11.8. The maximum Gasteiger partial charge on any atom is 0.305 e. The van der Waals surface area contributed by atoms with Crippen LogP contribution in [0.4, 0.5) is 5.69 Å². The van der Waals surface area contributed by atoms with Crippen LogP contribution >= 0.6 is 0 Å². The standard InChI is InChI=1S/C16H19N3O3/c1-11(2)13-5-3-4-6-14(13)19-10-12(9-17)16(22)18-8-7-15(20)21/h3-6,10-11,19H,7-8H2,1-2H3,(H,18,22)(H,20,21)/b12-10-. The van der Waals surface area contributed by atoms with E-state index in [0.717, 1.165) is 11.3 Å². The highest BCUT2D eigenvalue weighted by Gasteiger charge is 2.10. The van der Waals surface area contributed by atoms with Gasteiger partial charge in [0.15, 0.2) is 0 Å². The van der Waals surface area contributed by atoms with E-state index in [-0.39, 0.29) is 18.5 Å². The summed E-state index contributed by atoms with van der Waals surface area (Å²) < 4.78 is 0. The average molecular weight is 301 g/mol. The fraction of sp³-hybridized carbons (Fsp3) is 0.312. The molecule has 0 unspecified atom stereocenters. The Morgan fingerprint density at radius 3 is 2.64 bits per heavy atom. The summed E-state index contributed by atoms with van der Waals surface area (Å²) in [7, 11) is 0. The normalized spacial score (nSPS) is 10.9. The molecule has 0 bridgehead atoms. The molecule has 0 aliphatic carbocycles. The number of aliphatic carboxylic acids is 1. The molecule has 1 amide bonds. The van der Waals surface area contributed by atoms with Gasteiger partial charge in [0.2, 0.25) is 0 Å². The van der Waals surface area contributed by atoms with Crippen molar-refractivity contribution in [3.63, 3.8) is 0 Å². The topological polar surface area (TPSA) is 102 Å². The summed E-state index contributed by atoms with van der Waals surface area (Å²) in [5.74, 6) is -1.31. The number of nitriles is 1. The van der Waals surface area contributed by atoms with Crippen molar-refractivity contribution < 1.29 is 14.7 Å². The Hall–Kier alpha value is -2.81. The lowest BCUT2D eigenvalue weighted by molar-refractivity contribution is -0.136. The Balaban J connectivity index is 2.76. The molecule has 1 aromatic carbocycles. The zero-order chi connectivity index (χ0) is 16.5. The lowest BCUT2D eigenvalue weighted by atomic mass is 10.0. The van der Waals surface area contributed by atoms with Gasteiger partial charge in [-0.3, -0.25) is 9.59 Å². The number of hydrogen-bond acceptors (Lipinski definition) is 4. The zero-order valence-electron chi connectivity index (χ0n) is 12.6. The van der Waals surface area contributed by atoms with Crippen LogP contribution in [0, 0.1) is 11.3 Å². The largest absolute Gasteiger partial charge is 0.481 e. The number of para-hydroxylation sites is 1. The Kier molecular flexibility index (Phi) is 6.64. The van der Waals surface area contributed by atoms with Gasteiger partial charge in [-0.05, 0) is 17.5 Å². The molecule has 6 heteroatoms. The molecule has 0 atom stereocenters. The summed E-state index contributed by atoms with van der Waals surface area (Å²) in [6.07, 6.45) is 1.14. The summed E-state index contributed by atoms with van der Waals surface area (Å²) in [5, 5.41) is 22.9. The molecule has 3 N–H and O–H groups in total. The molecule has 0 heterocycles. The molecule has 0 aromatic heterocycles. The molecular formula is C16H19N3O3. The minimum Gasteiger partial charge on any atom is -0.481 e. The van der Waals surface area contributed by atoms with Gasteiger partial charge in [0.1, 0.15) is 11.6 Å². The zero-order valence-corrected chi connectivity index (χ0v) is 12.6. The first kappa shape index (κ1) is 17.2. The third-order valence-electron chi connectivity index (χ3n) is 2.94. The van der Waals surface area contributed by atoms with Crippen molar-refractivity contribution in [3.05, 3.63) is 41.6 Å². The number of rotatable bonds is 7. The van der Waals surface area contributed by atoms with Gasteiger partial charge in [-0.1, -0.05) is 32.0 Å². The SMILES string of the molecule is CC(C)c1ccccc1N/C=C(/C#N)C(=O)NCCC(=O)O. The number of nitrogens with one attached hydrogen (secondary N) is 2. The number of benzene rings is 1. The number of nitrogens with zero attached hydrogens (tertiary/aromatic N) is 1. The van der Waals surface area contributed by atoms with Gasteiger partial charge in [-0.25, -0.2) is 0 Å². The third kappa shape index (κ3) is 5.29. The van der Waals surface area contributed by atoms with E-state index in [1.807, 2.05) is 38.1 Å². The van der Waals surface area contributed by atoms with E-state index < -0.39 is 11.9 Å². The first-order chi connectivity index (χ1) is 10.5. The van der Waals surface area contributed by atoms with Crippen molar-refractivity contribution in [2.75, 3.05) is 11.9 Å². The number of carboxylic acids is 1. The molecule has 0 radical (unpaired) electrons. The van der Waals surface area contributed by atoms with Crippen LogP contribution in [0.1, 0.15) is 31.7 Å². The second-order valence-electron chi connectivity index (χ2n) is 4.96. The monoisotopic (exact) mass is 301 g/mol. The van der Waals surface area contributed by atoms with E-state index in [4.69, 9.17) is 10.4 Å². The van der Waals surface area contributed by atoms with Crippen LogP contribution in [0.2, 0.25) is 0 Å². The molecule has 6 nitrogen and oxygen atoms in total. The molecule has 1 aromatic rings. The molecule has 0 saturated heterocycles. The summed E-state index contributed by atoms with van der Waals surface area (Å²) in [6, 6.07) is 9.42. The maximum absolute atomic E-state index is 11.8. The van der Waals surface area contributed by atoms with Gasteiger partial charge in [0.25, 0.3) is 5.91 Å². The van der Waals surface area contributed by atoms with Crippen LogP contribution in [-0.2, 0) is 9.59 Å². The highest BCUT2D eigenvalue weighted by Crippen LogP contribution is 2.23. The van der Waals surface area contributed by atoms with Crippen molar-refractivity contribution in [3.8, 4) is 6.07 Å². The Morgan fingerprint density at radius 2 is 2.05 bits per heavy atom. The summed E-state index contributed by atoms with van der Waals surface area (Å²) in [6.45, 7) is 4.08. The number of anilines is 1. The van der Waals surface area contributed by atoms with Crippen LogP contribution in [0.25, 0.3) is 0 Å².